The van der Waals surface area contributed by atoms with E-state index in [2.05, 4.69) is 0 Å². The Morgan fingerprint density at radius 2 is 2.18 bits per heavy atom. The van der Waals surface area contributed by atoms with Gasteiger partial charge in [0.2, 0.25) is 0 Å². The molecule has 3 heteroatoms. The molecule has 2 aliphatic rings. The fourth-order valence-electron chi connectivity index (χ4n) is 3.52. The van der Waals surface area contributed by atoms with Gasteiger partial charge in [-0.1, -0.05) is 20.8 Å². The summed E-state index contributed by atoms with van der Waals surface area (Å²) in [4.78, 5) is 24.6. The summed E-state index contributed by atoms with van der Waals surface area (Å²) in [6.07, 6.45) is 2.91. The molecule has 0 amide bonds. The van der Waals surface area contributed by atoms with Crippen LogP contribution in [0.4, 0.5) is 0 Å². The lowest BCUT2D eigenvalue weighted by molar-refractivity contribution is -0.168. The van der Waals surface area contributed by atoms with E-state index in [4.69, 9.17) is 4.74 Å². The molecule has 0 aromatic rings. The van der Waals surface area contributed by atoms with Crippen LogP contribution in [0.3, 0.4) is 0 Å². The largest absolute Gasteiger partial charge is 0.462 e. The number of rotatable bonds is 3. The van der Waals surface area contributed by atoms with E-state index in [1.807, 2.05) is 27.7 Å². The average molecular weight is 238 g/mol. The van der Waals surface area contributed by atoms with Crippen molar-refractivity contribution >= 4 is 11.8 Å². The first-order valence-electron chi connectivity index (χ1n) is 6.60. The molecular formula is C14H22O3. The van der Waals surface area contributed by atoms with Crippen LogP contribution in [0, 0.1) is 16.7 Å². The summed E-state index contributed by atoms with van der Waals surface area (Å²) in [5.41, 5.74) is -1.07. The average Bonchev–Trinajstić information content (AvgIpc) is 2.62. The Balaban J connectivity index is 2.28. The number of Topliss-reactive ketones (excluding diaryl/α,β-unsaturated/α-hetero) is 1. The van der Waals surface area contributed by atoms with Gasteiger partial charge >= 0.3 is 5.97 Å². The lowest BCUT2D eigenvalue weighted by Crippen LogP contribution is -2.45. The van der Waals surface area contributed by atoms with Crippen LogP contribution in [0.5, 0.6) is 0 Å². The van der Waals surface area contributed by atoms with Crippen LogP contribution in [0.15, 0.2) is 0 Å². The van der Waals surface area contributed by atoms with E-state index >= 15 is 0 Å². The van der Waals surface area contributed by atoms with Crippen molar-refractivity contribution in [3.63, 3.8) is 0 Å². The fraction of sp³-hybridized carbons (Fsp3) is 0.857. The quantitative estimate of drug-likeness (QED) is 0.561. The number of fused-ring (bicyclic) bond motifs is 2. The highest BCUT2D eigenvalue weighted by Gasteiger charge is 2.69. The first kappa shape index (κ1) is 12.6. The number of esters is 1. The number of ketones is 1. The molecule has 1 unspecified atom stereocenters. The molecule has 2 saturated carbocycles. The first-order chi connectivity index (χ1) is 7.86. The maximum atomic E-state index is 12.4. The molecule has 0 saturated heterocycles. The summed E-state index contributed by atoms with van der Waals surface area (Å²) in [7, 11) is 0. The van der Waals surface area contributed by atoms with Gasteiger partial charge in [0, 0.05) is 6.42 Å². The molecule has 0 heterocycles. The van der Waals surface area contributed by atoms with E-state index in [0.29, 0.717) is 18.8 Å². The summed E-state index contributed by atoms with van der Waals surface area (Å²) < 4.78 is 5.45. The number of carbonyl (C=O) groups is 2. The van der Waals surface area contributed by atoms with Crippen LogP contribution in [-0.4, -0.2) is 17.9 Å². The van der Waals surface area contributed by atoms with Crippen molar-refractivity contribution in [3.8, 4) is 0 Å². The molecule has 3 atom stereocenters. The van der Waals surface area contributed by atoms with Gasteiger partial charge in [-0.2, -0.15) is 0 Å². The van der Waals surface area contributed by atoms with Crippen molar-refractivity contribution in [2.24, 2.45) is 16.7 Å². The van der Waals surface area contributed by atoms with E-state index in [9.17, 15) is 9.59 Å². The van der Waals surface area contributed by atoms with E-state index in [-0.39, 0.29) is 23.3 Å². The van der Waals surface area contributed by atoms with Crippen LogP contribution < -0.4 is 0 Å². The number of ether oxygens (including phenoxy) is 1. The topological polar surface area (TPSA) is 43.4 Å². The van der Waals surface area contributed by atoms with E-state index in [0.717, 1.165) is 12.8 Å². The first-order valence-corrected chi connectivity index (χ1v) is 6.60. The van der Waals surface area contributed by atoms with Crippen molar-refractivity contribution in [2.75, 3.05) is 0 Å². The predicted octanol–water partition coefficient (Wildman–Crippen LogP) is 2.72. The Hall–Kier alpha value is -0.860. The molecule has 0 aromatic carbocycles. The Morgan fingerprint density at radius 1 is 1.53 bits per heavy atom. The summed E-state index contributed by atoms with van der Waals surface area (Å²) in [5, 5.41) is 0. The second-order valence-electron chi connectivity index (χ2n) is 6.11. The summed E-state index contributed by atoms with van der Waals surface area (Å²) in [5.74, 6) is 0.188. The normalized spacial score (nSPS) is 36.0. The van der Waals surface area contributed by atoms with E-state index in [1.165, 1.54) is 0 Å². The number of carbonyl (C=O) groups excluding carboxylic acids is 2. The van der Waals surface area contributed by atoms with Gasteiger partial charge in [0.05, 0.1) is 6.10 Å². The maximum absolute atomic E-state index is 12.4. The Kier molecular flexibility index (Phi) is 2.83. The zero-order chi connectivity index (χ0) is 12.8. The van der Waals surface area contributed by atoms with Crippen molar-refractivity contribution in [1.29, 1.82) is 0 Å². The second-order valence-corrected chi connectivity index (χ2v) is 6.11. The van der Waals surface area contributed by atoms with E-state index in [1.54, 1.807) is 0 Å². The smallest absolute Gasteiger partial charge is 0.320 e. The summed E-state index contributed by atoms with van der Waals surface area (Å²) >= 11 is 0. The van der Waals surface area contributed by atoms with Gasteiger partial charge in [0.1, 0.15) is 5.41 Å². The third kappa shape index (κ3) is 1.47. The van der Waals surface area contributed by atoms with Crippen LogP contribution in [-0.2, 0) is 14.3 Å². The van der Waals surface area contributed by atoms with Crippen molar-refractivity contribution in [2.45, 2.75) is 59.5 Å². The third-order valence-corrected chi connectivity index (χ3v) is 5.13. The van der Waals surface area contributed by atoms with Crippen LogP contribution in [0.2, 0.25) is 0 Å². The van der Waals surface area contributed by atoms with Crippen molar-refractivity contribution in [3.05, 3.63) is 0 Å². The third-order valence-electron chi connectivity index (χ3n) is 5.13. The molecule has 0 aromatic heterocycles. The highest BCUT2D eigenvalue weighted by atomic mass is 16.5. The molecule has 0 aliphatic heterocycles. The molecule has 0 N–H and O–H groups in total. The van der Waals surface area contributed by atoms with Crippen LogP contribution in [0.1, 0.15) is 53.4 Å². The second kappa shape index (κ2) is 3.82. The molecule has 0 radical (unpaired) electrons. The molecule has 2 bridgehead atoms. The Bertz CT molecular complexity index is 358. The van der Waals surface area contributed by atoms with Gasteiger partial charge in [0.15, 0.2) is 5.78 Å². The maximum Gasteiger partial charge on any atom is 0.320 e. The molecule has 2 fully saturated rings. The van der Waals surface area contributed by atoms with Crippen molar-refractivity contribution < 1.29 is 14.3 Å². The van der Waals surface area contributed by atoms with Crippen molar-refractivity contribution in [1.82, 2.24) is 0 Å². The van der Waals surface area contributed by atoms with Gasteiger partial charge in [-0.25, -0.2) is 0 Å². The molecule has 17 heavy (non-hydrogen) atoms. The molecule has 3 nitrogen and oxygen atoms in total. The lowest BCUT2D eigenvalue weighted by atomic mass is 9.69. The highest BCUT2D eigenvalue weighted by molar-refractivity contribution is 6.07. The SMILES string of the molecule is CC[C@@H](C)OC(=O)[C@]12CCC(CC1=O)C2(C)C. The zero-order valence-corrected chi connectivity index (χ0v) is 11.2. The molecule has 2 aliphatic carbocycles. The highest BCUT2D eigenvalue weighted by Crippen LogP contribution is 2.64. The van der Waals surface area contributed by atoms with Gasteiger partial charge in [-0.05, 0) is 37.5 Å². The molecule has 0 spiro atoms. The minimum absolute atomic E-state index is 0.0971. The lowest BCUT2D eigenvalue weighted by Gasteiger charge is -2.34. The van der Waals surface area contributed by atoms with Gasteiger partial charge < -0.3 is 4.74 Å². The monoisotopic (exact) mass is 238 g/mol. The van der Waals surface area contributed by atoms with Gasteiger partial charge in [-0.15, -0.1) is 0 Å². The fourth-order valence-corrected chi connectivity index (χ4v) is 3.52. The summed E-state index contributed by atoms with van der Waals surface area (Å²) in [6, 6.07) is 0. The Morgan fingerprint density at radius 3 is 2.59 bits per heavy atom. The van der Waals surface area contributed by atoms with Crippen LogP contribution in [0.25, 0.3) is 0 Å². The molecule has 2 rings (SSSR count). The number of hydrogen-bond donors (Lipinski definition) is 0. The minimum Gasteiger partial charge on any atom is -0.462 e. The minimum atomic E-state index is -0.846. The standard InChI is InChI=1S/C14H22O3/c1-5-9(2)17-12(16)14-7-6-10(8-11(14)15)13(14,3)4/h9-10H,5-8H2,1-4H3/t9-,10?,14+/m1/s1. The molecule has 96 valence electrons. The van der Waals surface area contributed by atoms with Crippen LogP contribution >= 0.6 is 0 Å². The Labute approximate surface area is 103 Å². The van der Waals surface area contributed by atoms with Gasteiger partial charge in [-0.3, -0.25) is 9.59 Å². The molecular weight excluding hydrogens is 216 g/mol. The van der Waals surface area contributed by atoms with Gasteiger partial charge in [0.25, 0.3) is 0 Å². The number of hydrogen-bond acceptors (Lipinski definition) is 3. The van der Waals surface area contributed by atoms with E-state index < -0.39 is 5.41 Å². The predicted molar refractivity (Wildman–Crippen MR) is 64.4 cm³/mol. The zero-order valence-electron chi connectivity index (χ0n) is 11.2. The summed E-state index contributed by atoms with van der Waals surface area (Å²) in [6.45, 7) is 7.96.